The molecular formula is C19H21N3O2. The summed E-state index contributed by atoms with van der Waals surface area (Å²) in [6, 6.07) is 10.0. The maximum atomic E-state index is 12.5. The van der Waals surface area contributed by atoms with Gasteiger partial charge in [-0.25, -0.2) is 4.98 Å². The van der Waals surface area contributed by atoms with E-state index in [4.69, 9.17) is 4.74 Å². The zero-order chi connectivity index (χ0) is 16.5. The molecular weight excluding hydrogens is 302 g/mol. The summed E-state index contributed by atoms with van der Waals surface area (Å²) in [4.78, 5) is 19.2. The maximum Gasteiger partial charge on any atom is 0.164 e. The Kier molecular flexibility index (Phi) is 4.04. The topological polar surface area (TPSA) is 47.4 Å². The van der Waals surface area contributed by atoms with Crippen molar-refractivity contribution in [2.45, 2.75) is 6.42 Å². The van der Waals surface area contributed by atoms with Crippen LogP contribution in [0.2, 0.25) is 0 Å². The van der Waals surface area contributed by atoms with E-state index >= 15 is 0 Å². The number of Topliss-reactive ketones (excluding diaryl/α,β-unsaturated/α-hetero) is 1. The number of hydrogen-bond donors (Lipinski definition) is 0. The highest BCUT2D eigenvalue weighted by Crippen LogP contribution is 2.25. The Bertz CT molecular complexity index is 894. The van der Waals surface area contributed by atoms with Gasteiger partial charge in [-0.05, 0) is 17.5 Å². The number of nitrogens with zero attached hydrogens (tertiary/aromatic N) is 3. The van der Waals surface area contributed by atoms with Gasteiger partial charge in [0, 0.05) is 44.1 Å². The number of benzene rings is 2. The monoisotopic (exact) mass is 323 g/mol. The van der Waals surface area contributed by atoms with Gasteiger partial charge in [-0.3, -0.25) is 9.69 Å². The van der Waals surface area contributed by atoms with Crippen molar-refractivity contribution in [2.24, 2.45) is 7.05 Å². The normalized spacial score (nSPS) is 16.0. The molecule has 124 valence electrons. The van der Waals surface area contributed by atoms with Gasteiger partial charge in [0.2, 0.25) is 0 Å². The number of ketones is 1. The summed E-state index contributed by atoms with van der Waals surface area (Å²) in [6.45, 7) is 4.18. The van der Waals surface area contributed by atoms with Gasteiger partial charge in [0.05, 0.1) is 30.6 Å². The van der Waals surface area contributed by atoms with Gasteiger partial charge in [-0.1, -0.05) is 18.2 Å². The van der Waals surface area contributed by atoms with Crippen LogP contribution in [-0.2, 0) is 11.8 Å². The number of imidazole rings is 1. The Morgan fingerprint density at radius 2 is 2.04 bits per heavy atom. The molecule has 1 fully saturated rings. The fourth-order valence-corrected chi connectivity index (χ4v) is 3.39. The molecule has 1 saturated heterocycles. The Balaban J connectivity index is 1.56. The molecule has 4 rings (SSSR count). The summed E-state index contributed by atoms with van der Waals surface area (Å²) < 4.78 is 7.37. The molecule has 0 amide bonds. The molecule has 0 atom stereocenters. The summed E-state index contributed by atoms with van der Waals surface area (Å²) in [5, 5.41) is 2.22. The Labute approximate surface area is 140 Å². The van der Waals surface area contributed by atoms with Gasteiger partial charge in [-0.15, -0.1) is 0 Å². The molecule has 24 heavy (non-hydrogen) atoms. The smallest absolute Gasteiger partial charge is 0.164 e. The largest absolute Gasteiger partial charge is 0.379 e. The second-order valence-corrected chi connectivity index (χ2v) is 6.35. The zero-order valence-electron chi connectivity index (χ0n) is 13.9. The minimum atomic E-state index is 0.202. The molecule has 3 aromatic rings. The van der Waals surface area contributed by atoms with Gasteiger partial charge in [-0.2, -0.15) is 0 Å². The minimum Gasteiger partial charge on any atom is -0.379 e. The number of ether oxygens (including phenoxy) is 1. The lowest BCUT2D eigenvalue weighted by atomic mass is 10.0. The molecule has 5 nitrogen and oxygen atoms in total. The lowest BCUT2D eigenvalue weighted by molar-refractivity contribution is 0.0370. The van der Waals surface area contributed by atoms with Crippen molar-refractivity contribution in [2.75, 3.05) is 32.8 Å². The van der Waals surface area contributed by atoms with E-state index in [1.807, 2.05) is 48.3 Å². The predicted octanol–water partition coefficient (Wildman–Crippen LogP) is 2.63. The molecule has 0 saturated carbocycles. The number of aromatic nitrogens is 2. The number of morpholine rings is 1. The predicted molar refractivity (Wildman–Crippen MR) is 94.4 cm³/mol. The average molecular weight is 323 g/mol. The van der Waals surface area contributed by atoms with Crippen LogP contribution in [0.3, 0.4) is 0 Å². The van der Waals surface area contributed by atoms with Crippen LogP contribution in [-0.4, -0.2) is 53.1 Å². The van der Waals surface area contributed by atoms with Gasteiger partial charge >= 0.3 is 0 Å². The van der Waals surface area contributed by atoms with Crippen LogP contribution in [0.15, 0.2) is 36.7 Å². The maximum absolute atomic E-state index is 12.5. The van der Waals surface area contributed by atoms with Crippen LogP contribution in [0.1, 0.15) is 16.8 Å². The Hall–Kier alpha value is -2.24. The molecule has 1 aliphatic heterocycles. The highest BCUT2D eigenvalue weighted by Gasteiger charge is 2.14. The van der Waals surface area contributed by atoms with Crippen LogP contribution in [0.25, 0.3) is 21.8 Å². The first kappa shape index (κ1) is 15.3. The number of aryl methyl sites for hydroxylation is 1. The molecule has 1 aliphatic rings. The van der Waals surface area contributed by atoms with Crippen molar-refractivity contribution in [1.82, 2.24) is 14.5 Å². The van der Waals surface area contributed by atoms with Crippen molar-refractivity contribution in [3.8, 4) is 0 Å². The molecule has 0 aliphatic carbocycles. The third-order valence-corrected chi connectivity index (χ3v) is 4.77. The van der Waals surface area contributed by atoms with E-state index < -0.39 is 0 Å². The standard InChI is InChI=1S/C19H21N3O2/c1-21-13-20-17-5-3-14-12-15(2-4-16(14)19(17)21)18(23)6-7-22-8-10-24-11-9-22/h2-5,12-13H,6-11H2,1H3. The molecule has 0 radical (unpaired) electrons. The summed E-state index contributed by atoms with van der Waals surface area (Å²) >= 11 is 0. The summed E-state index contributed by atoms with van der Waals surface area (Å²) in [6.07, 6.45) is 2.38. The molecule has 0 unspecified atom stereocenters. The molecule has 0 bridgehead atoms. The number of rotatable bonds is 4. The first-order valence-electron chi connectivity index (χ1n) is 8.39. The van der Waals surface area contributed by atoms with E-state index in [0.717, 1.165) is 60.2 Å². The molecule has 5 heteroatoms. The Morgan fingerprint density at radius 1 is 1.21 bits per heavy atom. The van der Waals surface area contributed by atoms with Crippen LogP contribution >= 0.6 is 0 Å². The van der Waals surface area contributed by atoms with Crippen molar-refractivity contribution >= 4 is 27.6 Å². The van der Waals surface area contributed by atoms with E-state index in [1.165, 1.54) is 0 Å². The highest BCUT2D eigenvalue weighted by atomic mass is 16.5. The zero-order valence-corrected chi connectivity index (χ0v) is 13.9. The summed E-state index contributed by atoms with van der Waals surface area (Å²) in [5.74, 6) is 0.202. The molecule has 0 N–H and O–H groups in total. The fourth-order valence-electron chi connectivity index (χ4n) is 3.39. The van der Waals surface area contributed by atoms with Crippen LogP contribution in [0.4, 0.5) is 0 Å². The summed E-state index contributed by atoms with van der Waals surface area (Å²) in [7, 11) is 2.00. The van der Waals surface area contributed by atoms with Crippen LogP contribution in [0.5, 0.6) is 0 Å². The molecule has 2 heterocycles. The van der Waals surface area contributed by atoms with Crippen LogP contribution in [0, 0.1) is 0 Å². The molecule has 1 aromatic heterocycles. The quantitative estimate of drug-likeness (QED) is 0.693. The number of hydrogen-bond acceptors (Lipinski definition) is 4. The second-order valence-electron chi connectivity index (χ2n) is 6.35. The summed E-state index contributed by atoms with van der Waals surface area (Å²) in [5.41, 5.74) is 2.88. The third-order valence-electron chi connectivity index (χ3n) is 4.77. The third kappa shape index (κ3) is 2.81. The number of fused-ring (bicyclic) bond motifs is 3. The SMILES string of the molecule is Cn1cnc2ccc3cc(C(=O)CCN4CCOCC4)ccc3c21. The van der Waals surface area contributed by atoms with E-state index in [2.05, 4.69) is 9.88 Å². The second kappa shape index (κ2) is 6.34. The van der Waals surface area contributed by atoms with Crippen molar-refractivity contribution in [3.63, 3.8) is 0 Å². The number of carbonyl (C=O) groups excluding carboxylic acids is 1. The van der Waals surface area contributed by atoms with Gasteiger partial charge < -0.3 is 9.30 Å². The van der Waals surface area contributed by atoms with Crippen molar-refractivity contribution in [1.29, 1.82) is 0 Å². The van der Waals surface area contributed by atoms with Crippen molar-refractivity contribution < 1.29 is 9.53 Å². The van der Waals surface area contributed by atoms with E-state index in [-0.39, 0.29) is 5.78 Å². The van der Waals surface area contributed by atoms with Gasteiger partial charge in [0.1, 0.15) is 0 Å². The lowest BCUT2D eigenvalue weighted by Crippen LogP contribution is -2.37. The highest BCUT2D eigenvalue weighted by molar-refractivity contribution is 6.07. The first-order chi connectivity index (χ1) is 11.7. The Morgan fingerprint density at radius 3 is 2.88 bits per heavy atom. The van der Waals surface area contributed by atoms with E-state index in [0.29, 0.717) is 6.42 Å². The fraction of sp³-hybridized carbons (Fsp3) is 0.368. The lowest BCUT2D eigenvalue weighted by Gasteiger charge is -2.26. The van der Waals surface area contributed by atoms with E-state index in [9.17, 15) is 4.79 Å². The first-order valence-corrected chi connectivity index (χ1v) is 8.39. The van der Waals surface area contributed by atoms with Crippen LogP contribution < -0.4 is 0 Å². The van der Waals surface area contributed by atoms with E-state index in [1.54, 1.807) is 0 Å². The minimum absolute atomic E-state index is 0.202. The molecule has 0 spiro atoms. The van der Waals surface area contributed by atoms with Gasteiger partial charge in [0.15, 0.2) is 5.78 Å². The van der Waals surface area contributed by atoms with Gasteiger partial charge in [0.25, 0.3) is 0 Å². The average Bonchev–Trinajstić information content (AvgIpc) is 3.01. The van der Waals surface area contributed by atoms with Crippen molar-refractivity contribution in [3.05, 3.63) is 42.2 Å². The molecule has 2 aromatic carbocycles. The number of carbonyl (C=O) groups is 1.